The van der Waals surface area contributed by atoms with Crippen LogP contribution < -0.4 is 5.73 Å². The highest BCUT2D eigenvalue weighted by atomic mass is 127. The molecule has 1 aromatic carbocycles. The third-order valence-corrected chi connectivity index (χ3v) is 5.70. The molecule has 0 spiro atoms. The first-order valence-electron chi connectivity index (χ1n) is 6.25. The molecule has 0 fully saturated rings. The largest absolute Gasteiger partial charge is 0.319 e. The van der Waals surface area contributed by atoms with E-state index < -0.39 is 0 Å². The summed E-state index contributed by atoms with van der Waals surface area (Å²) in [7, 11) is 1.57. The smallest absolute Gasteiger partial charge is 0.169 e. The highest BCUT2D eigenvalue weighted by molar-refractivity contribution is 14.2. The fourth-order valence-corrected chi connectivity index (χ4v) is 3.76. The number of nitrogens with two attached hydrogens (primary N) is 1. The Bertz CT molecular complexity index is 757. The summed E-state index contributed by atoms with van der Waals surface area (Å²) in [5.74, 6) is 0. The van der Waals surface area contributed by atoms with Crippen LogP contribution >= 0.6 is 42.1 Å². The summed E-state index contributed by atoms with van der Waals surface area (Å²) in [5, 5.41) is 0. The van der Waals surface area contributed by atoms with Crippen LogP contribution in [-0.4, -0.2) is 20.2 Å². The van der Waals surface area contributed by atoms with Crippen LogP contribution in [-0.2, 0) is 0 Å². The molecule has 0 bridgehead atoms. The lowest BCUT2D eigenvalue weighted by atomic mass is 10.1. The molecule has 0 saturated heterocycles. The van der Waals surface area contributed by atoms with Crippen molar-refractivity contribution < 1.29 is 0 Å². The topological polar surface area (TPSA) is 56.7 Å². The summed E-state index contributed by atoms with van der Waals surface area (Å²) in [4.78, 5) is 10.3. The van der Waals surface area contributed by atoms with Gasteiger partial charge in [-0.05, 0) is 30.0 Å². The van der Waals surface area contributed by atoms with Crippen molar-refractivity contribution in [2.24, 2.45) is 5.73 Å². The van der Waals surface area contributed by atoms with Gasteiger partial charge in [-0.2, -0.15) is 0 Å². The molecule has 0 aliphatic rings. The molecule has 3 aromatic rings. The number of hydrogen-bond acceptors (Lipinski definition) is 5. The maximum Gasteiger partial charge on any atom is 0.169 e. The predicted molar refractivity (Wildman–Crippen MR) is 98.8 cm³/mol. The van der Waals surface area contributed by atoms with Crippen LogP contribution in [0.15, 0.2) is 47.6 Å². The molecule has 0 saturated carbocycles. The Hall–Kier alpha value is -0.770. The Morgan fingerprint density at radius 1 is 1.24 bits per heavy atom. The normalized spacial score (nSPS) is 12.7. The van der Waals surface area contributed by atoms with E-state index in [2.05, 4.69) is 49.6 Å². The molecule has 108 valence electrons. The van der Waals surface area contributed by atoms with Crippen LogP contribution in [0.5, 0.6) is 0 Å². The number of halogens is 1. The van der Waals surface area contributed by atoms with Gasteiger partial charge in [0, 0.05) is 41.4 Å². The molecular formula is C14H13IN4S2. The van der Waals surface area contributed by atoms with Gasteiger partial charge in [-0.25, -0.2) is 9.97 Å². The fraction of sp³-hybridized carbons (Fsp3) is 0.143. The van der Waals surface area contributed by atoms with Gasteiger partial charge >= 0.3 is 0 Å². The second kappa shape index (κ2) is 6.55. The van der Waals surface area contributed by atoms with Gasteiger partial charge in [0.05, 0.1) is 17.9 Å². The zero-order chi connectivity index (χ0) is 14.8. The molecule has 2 aromatic heterocycles. The summed E-state index contributed by atoms with van der Waals surface area (Å²) in [6.45, 7) is 0. The van der Waals surface area contributed by atoms with Gasteiger partial charge in [0.1, 0.15) is 5.52 Å². The molecule has 2 N–H and O–H groups in total. The van der Waals surface area contributed by atoms with E-state index in [0.717, 1.165) is 22.4 Å². The minimum absolute atomic E-state index is 0.256. The van der Waals surface area contributed by atoms with E-state index in [1.54, 1.807) is 27.1 Å². The minimum atomic E-state index is -0.256. The van der Waals surface area contributed by atoms with Gasteiger partial charge in [-0.15, -0.1) is 11.8 Å². The van der Waals surface area contributed by atoms with Crippen LogP contribution in [0.3, 0.4) is 0 Å². The molecular weight excluding hydrogens is 415 g/mol. The van der Waals surface area contributed by atoms with Crippen LogP contribution in [0.4, 0.5) is 0 Å². The highest BCUT2D eigenvalue weighted by Crippen LogP contribution is 2.25. The summed E-state index contributed by atoms with van der Waals surface area (Å²) >= 11 is 3.94. The molecule has 0 aliphatic heterocycles. The van der Waals surface area contributed by atoms with E-state index in [1.165, 1.54) is 4.90 Å². The van der Waals surface area contributed by atoms with E-state index in [-0.39, 0.29) is 6.04 Å². The van der Waals surface area contributed by atoms with Crippen LogP contribution in [0, 0.1) is 0 Å². The highest BCUT2D eigenvalue weighted by Gasteiger charge is 2.13. The second-order valence-corrected chi connectivity index (χ2v) is 7.06. The van der Waals surface area contributed by atoms with Crippen molar-refractivity contribution in [1.82, 2.24) is 13.9 Å². The van der Waals surface area contributed by atoms with Crippen molar-refractivity contribution in [3.63, 3.8) is 0 Å². The number of thioether (sulfide) groups is 1. The van der Waals surface area contributed by atoms with Crippen molar-refractivity contribution in [2.45, 2.75) is 10.9 Å². The number of benzene rings is 1. The zero-order valence-corrected chi connectivity index (χ0v) is 15.0. The van der Waals surface area contributed by atoms with E-state index in [9.17, 15) is 0 Å². The summed E-state index contributed by atoms with van der Waals surface area (Å²) in [6, 6.07) is 9.96. The Kier molecular flexibility index (Phi) is 4.72. The quantitative estimate of drug-likeness (QED) is 0.502. The fourth-order valence-electron chi connectivity index (χ4n) is 2.09. The van der Waals surface area contributed by atoms with Crippen LogP contribution in [0.2, 0.25) is 0 Å². The molecule has 3 rings (SSSR count). The maximum absolute atomic E-state index is 6.32. The third-order valence-electron chi connectivity index (χ3n) is 3.24. The molecule has 0 aliphatic carbocycles. The first kappa shape index (κ1) is 15.1. The first-order chi connectivity index (χ1) is 10.2. The van der Waals surface area contributed by atoms with Crippen molar-refractivity contribution >= 4 is 53.3 Å². The van der Waals surface area contributed by atoms with Crippen molar-refractivity contribution in [2.75, 3.05) is 6.26 Å². The van der Waals surface area contributed by atoms with E-state index in [4.69, 9.17) is 5.73 Å². The van der Waals surface area contributed by atoms with E-state index >= 15 is 0 Å². The lowest BCUT2D eigenvalue weighted by Gasteiger charge is -2.12. The Morgan fingerprint density at radius 2 is 2.00 bits per heavy atom. The van der Waals surface area contributed by atoms with Crippen LogP contribution in [0.1, 0.15) is 17.3 Å². The molecule has 2 heterocycles. The van der Waals surface area contributed by atoms with Gasteiger partial charge in [-0.1, -0.05) is 12.1 Å². The average molecular weight is 428 g/mol. The summed E-state index contributed by atoms with van der Waals surface area (Å²) < 4.78 is 1.98. The number of aromatic nitrogens is 3. The summed E-state index contributed by atoms with van der Waals surface area (Å²) in [5.41, 5.74) is 9.88. The summed E-state index contributed by atoms with van der Waals surface area (Å²) in [6.07, 6.45) is 5.79. The number of nitrogens with zero attached hydrogens (tertiary/aromatic N) is 3. The lowest BCUT2D eigenvalue weighted by molar-refractivity contribution is 0.826. The molecule has 7 heteroatoms. The van der Waals surface area contributed by atoms with Gasteiger partial charge in [-0.3, -0.25) is 3.97 Å². The molecule has 0 amide bonds. The Balaban J connectivity index is 1.94. The Morgan fingerprint density at radius 3 is 2.67 bits per heavy atom. The van der Waals surface area contributed by atoms with Crippen molar-refractivity contribution in [1.29, 1.82) is 0 Å². The number of rotatable bonds is 4. The Labute approximate surface area is 143 Å². The molecule has 1 atom stereocenters. The minimum Gasteiger partial charge on any atom is -0.319 e. The number of fused-ring (bicyclic) bond motifs is 1. The first-order valence-corrected chi connectivity index (χ1v) is 10.8. The maximum atomic E-state index is 6.32. The van der Waals surface area contributed by atoms with Crippen LogP contribution in [0.25, 0.3) is 11.2 Å². The zero-order valence-electron chi connectivity index (χ0n) is 11.2. The predicted octanol–water partition coefficient (Wildman–Crippen LogP) is 4.05. The van der Waals surface area contributed by atoms with Gasteiger partial charge in [0.25, 0.3) is 0 Å². The van der Waals surface area contributed by atoms with E-state index in [1.807, 2.05) is 28.4 Å². The third kappa shape index (κ3) is 3.05. The monoisotopic (exact) mass is 428 g/mol. The van der Waals surface area contributed by atoms with Gasteiger partial charge in [0.2, 0.25) is 0 Å². The molecule has 0 radical (unpaired) electrons. The standard InChI is InChI=1S/C14H13IN4S2/c1-20-10-4-2-9(3-5-10)13(16)12-8-17-14-11(18-12)6-7-19(14)21-15/h2-8,13H,16H2,1H3. The SMILES string of the molecule is CSc1ccc(C(N)c2cnc3c(ccn3SI)n2)cc1. The molecule has 21 heavy (non-hydrogen) atoms. The van der Waals surface area contributed by atoms with Crippen molar-refractivity contribution in [3.8, 4) is 0 Å². The second-order valence-electron chi connectivity index (χ2n) is 4.47. The van der Waals surface area contributed by atoms with Gasteiger partial charge in [0.15, 0.2) is 5.65 Å². The van der Waals surface area contributed by atoms with Gasteiger partial charge < -0.3 is 5.73 Å². The van der Waals surface area contributed by atoms with Crippen molar-refractivity contribution in [3.05, 3.63) is 54.0 Å². The molecule has 1 unspecified atom stereocenters. The average Bonchev–Trinajstić information content (AvgIpc) is 2.96. The van der Waals surface area contributed by atoms with E-state index in [0.29, 0.717) is 0 Å². The number of hydrogen-bond donors (Lipinski definition) is 1. The lowest BCUT2D eigenvalue weighted by Crippen LogP contribution is -2.14. The molecule has 4 nitrogen and oxygen atoms in total.